The van der Waals surface area contributed by atoms with Gasteiger partial charge in [0.25, 0.3) is 5.91 Å². The number of aromatic nitrogens is 3. The van der Waals surface area contributed by atoms with Crippen LogP contribution < -0.4 is 5.32 Å². The number of likely N-dealkylation sites (tertiary alicyclic amines) is 1. The molecule has 0 radical (unpaired) electrons. The maximum atomic E-state index is 12.3. The Balaban J connectivity index is 1.46. The highest BCUT2D eigenvalue weighted by Gasteiger charge is 2.23. The van der Waals surface area contributed by atoms with Gasteiger partial charge in [-0.3, -0.25) is 9.59 Å². The molecule has 1 fully saturated rings. The van der Waals surface area contributed by atoms with E-state index in [4.69, 9.17) is 5.26 Å². The molecule has 1 aliphatic rings. The van der Waals surface area contributed by atoms with Crippen molar-refractivity contribution in [3.05, 3.63) is 48.0 Å². The highest BCUT2D eigenvalue weighted by Crippen LogP contribution is 2.21. The Morgan fingerprint density at radius 2 is 1.80 bits per heavy atom. The van der Waals surface area contributed by atoms with E-state index in [9.17, 15) is 9.59 Å². The van der Waals surface area contributed by atoms with Crippen LogP contribution >= 0.6 is 0 Å². The Kier molecular flexibility index (Phi) is 5.04. The highest BCUT2D eigenvalue weighted by atomic mass is 16.2. The second kappa shape index (κ2) is 7.57. The van der Waals surface area contributed by atoms with E-state index in [-0.39, 0.29) is 18.4 Å². The van der Waals surface area contributed by atoms with Crippen LogP contribution in [0.2, 0.25) is 0 Å². The van der Waals surface area contributed by atoms with E-state index in [0.717, 1.165) is 12.8 Å². The van der Waals surface area contributed by atoms with Crippen LogP contribution in [-0.4, -0.2) is 51.1 Å². The lowest BCUT2D eigenvalue weighted by atomic mass is 10.0. The van der Waals surface area contributed by atoms with Crippen molar-refractivity contribution in [3.8, 4) is 6.07 Å². The van der Waals surface area contributed by atoms with Gasteiger partial charge in [0.2, 0.25) is 5.91 Å². The van der Waals surface area contributed by atoms with Gasteiger partial charge >= 0.3 is 0 Å². The first-order valence-corrected chi connectivity index (χ1v) is 8.07. The molecule has 0 bridgehead atoms. The Morgan fingerprint density at radius 3 is 2.40 bits per heavy atom. The normalized spacial score (nSPS) is 14.8. The molecule has 1 saturated heterocycles. The van der Waals surface area contributed by atoms with Crippen LogP contribution in [0.15, 0.2) is 36.9 Å². The number of carbonyl (C=O) groups excluding carboxylic acids is 2. The van der Waals surface area contributed by atoms with Crippen LogP contribution in [0.3, 0.4) is 0 Å². The van der Waals surface area contributed by atoms with Gasteiger partial charge in [-0.2, -0.15) is 5.26 Å². The van der Waals surface area contributed by atoms with Crippen LogP contribution in [0.4, 0.5) is 0 Å². The number of piperidine rings is 1. The minimum absolute atomic E-state index is 0.0316. The molecule has 1 aromatic heterocycles. The fourth-order valence-electron chi connectivity index (χ4n) is 2.88. The third-order valence-corrected chi connectivity index (χ3v) is 4.35. The monoisotopic (exact) mass is 338 g/mol. The van der Waals surface area contributed by atoms with Crippen molar-refractivity contribution in [2.75, 3.05) is 19.6 Å². The van der Waals surface area contributed by atoms with Crippen molar-refractivity contribution in [1.82, 2.24) is 25.0 Å². The molecule has 0 unspecified atom stereocenters. The third-order valence-electron chi connectivity index (χ3n) is 4.35. The van der Waals surface area contributed by atoms with Gasteiger partial charge in [0.1, 0.15) is 12.7 Å². The summed E-state index contributed by atoms with van der Waals surface area (Å²) in [4.78, 5) is 26.1. The summed E-state index contributed by atoms with van der Waals surface area (Å²) in [7, 11) is 0. The summed E-state index contributed by atoms with van der Waals surface area (Å²) >= 11 is 0. The van der Waals surface area contributed by atoms with Crippen molar-refractivity contribution in [3.63, 3.8) is 0 Å². The van der Waals surface area contributed by atoms with Gasteiger partial charge in [-0.1, -0.05) is 0 Å². The Labute approximate surface area is 145 Å². The summed E-state index contributed by atoms with van der Waals surface area (Å²) in [6, 6.07) is 8.61. The minimum atomic E-state index is -0.322. The molecule has 8 nitrogen and oxygen atoms in total. The zero-order chi connectivity index (χ0) is 17.6. The smallest absolute Gasteiger partial charge is 0.251 e. The average Bonchev–Trinajstić information content (AvgIpc) is 3.21. The fourth-order valence-corrected chi connectivity index (χ4v) is 2.88. The molecule has 128 valence electrons. The van der Waals surface area contributed by atoms with Gasteiger partial charge in [0, 0.05) is 24.7 Å². The van der Waals surface area contributed by atoms with Gasteiger partial charge in [-0.15, -0.1) is 10.2 Å². The van der Waals surface area contributed by atoms with Gasteiger partial charge < -0.3 is 14.8 Å². The maximum absolute atomic E-state index is 12.3. The van der Waals surface area contributed by atoms with Gasteiger partial charge in [0.05, 0.1) is 18.2 Å². The van der Waals surface area contributed by atoms with Crippen molar-refractivity contribution in [1.29, 1.82) is 5.26 Å². The molecule has 1 aromatic carbocycles. The number of nitriles is 1. The molecule has 3 rings (SSSR count). The first-order chi connectivity index (χ1) is 12.2. The zero-order valence-electron chi connectivity index (χ0n) is 13.6. The number of hydrogen-bond donors (Lipinski definition) is 1. The summed E-state index contributed by atoms with van der Waals surface area (Å²) in [5.41, 5.74) is 0.918. The van der Waals surface area contributed by atoms with Gasteiger partial charge in [-0.25, -0.2) is 0 Å². The summed E-state index contributed by atoms with van der Waals surface area (Å²) in [5, 5.41) is 19.0. The first kappa shape index (κ1) is 16.6. The Morgan fingerprint density at radius 1 is 1.16 bits per heavy atom. The van der Waals surface area contributed by atoms with E-state index in [1.807, 2.05) is 10.6 Å². The number of carbonyl (C=O) groups is 2. The molecule has 0 atom stereocenters. The molecule has 2 heterocycles. The maximum Gasteiger partial charge on any atom is 0.251 e. The number of nitrogens with one attached hydrogen (secondary N) is 1. The second-order valence-corrected chi connectivity index (χ2v) is 5.89. The molecule has 0 saturated carbocycles. The van der Waals surface area contributed by atoms with E-state index >= 15 is 0 Å². The predicted octanol–water partition coefficient (Wildman–Crippen LogP) is 0.743. The quantitative estimate of drug-likeness (QED) is 0.885. The number of hydrogen-bond acceptors (Lipinski definition) is 5. The van der Waals surface area contributed by atoms with Crippen molar-refractivity contribution < 1.29 is 9.59 Å². The number of benzene rings is 1. The van der Waals surface area contributed by atoms with E-state index < -0.39 is 0 Å². The molecule has 0 spiro atoms. The van der Waals surface area contributed by atoms with Crippen molar-refractivity contribution in [2.24, 2.45) is 0 Å². The van der Waals surface area contributed by atoms with Gasteiger partial charge in [0.15, 0.2) is 0 Å². The van der Waals surface area contributed by atoms with Crippen LogP contribution in [0.5, 0.6) is 0 Å². The lowest BCUT2D eigenvalue weighted by Gasteiger charge is -2.32. The molecule has 25 heavy (non-hydrogen) atoms. The Hall–Kier alpha value is -3.21. The molecular formula is C17H18N6O2. The van der Waals surface area contributed by atoms with Crippen LogP contribution in [0, 0.1) is 11.3 Å². The summed E-state index contributed by atoms with van der Waals surface area (Å²) < 4.78 is 1.97. The number of amides is 2. The van der Waals surface area contributed by atoms with E-state index in [2.05, 4.69) is 15.5 Å². The lowest BCUT2D eigenvalue weighted by Crippen LogP contribution is -2.44. The predicted molar refractivity (Wildman–Crippen MR) is 88.4 cm³/mol. The van der Waals surface area contributed by atoms with E-state index in [1.54, 1.807) is 41.8 Å². The zero-order valence-corrected chi connectivity index (χ0v) is 13.6. The van der Waals surface area contributed by atoms with Crippen molar-refractivity contribution >= 4 is 11.8 Å². The summed E-state index contributed by atoms with van der Waals surface area (Å²) in [5.74, 6) is -0.415. The second-order valence-electron chi connectivity index (χ2n) is 5.89. The van der Waals surface area contributed by atoms with E-state index in [1.165, 1.54) is 0 Å². The fraction of sp³-hybridized carbons (Fsp3) is 0.353. The third kappa shape index (κ3) is 4.01. The molecule has 8 heteroatoms. The number of rotatable bonds is 4. The largest absolute Gasteiger partial charge is 0.343 e. The standard InChI is InChI=1S/C17H18N6O2/c18-9-13-1-3-14(4-2-13)17(25)19-10-16(24)22-7-5-15(6-8-22)23-11-20-21-12-23/h1-4,11-12,15H,5-8,10H2,(H,19,25). The summed E-state index contributed by atoms with van der Waals surface area (Å²) in [6.07, 6.45) is 5.07. The SMILES string of the molecule is N#Cc1ccc(C(=O)NCC(=O)N2CCC(n3cnnc3)CC2)cc1. The highest BCUT2D eigenvalue weighted by molar-refractivity contribution is 5.96. The molecular weight excluding hydrogens is 320 g/mol. The average molecular weight is 338 g/mol. The molecule has 2 amide bonds. The van der Waals surface area contributed by atoms with Crippen LogP contribution in [0.1, 0.15) is 34.8 Å². The molecule has 2 aromatic rings. The Bertz CT molecular complexity index is 770. The van der Waals surface area contributed by atoms with E-state index in [0.29, 0.717) is 30.3 Å². The van der Waals surface area contributed by atoms with Crippen molar-refractivity contribution in [2.45, 2.75) is 18.9 Å². The molecule has 0 aliphatic carbocycles. The number of nitrogens with zero attached hydrogens (tertiary/aromatic N) is 5. The van der Waals surface area contributed by atoms with Crippen LogP contribution in [0.25, 0.3) is 0 Å². The summed E-state index contributed by atoms with van der Waals surface area (Å²) in [6.45, 7) is 1.26. The van der Waals surface area contributed by atoms with Gasteiger partial charge in [-0.05, 0) is 37.1 Å². The topological polar surface area (TPSA) is 104 Å². The van der Waals surface area contributed by atoms with Crippen LogP contribution in [-0.2, 0) is 4.79 Å². The first-order valence-electron chi connectivity index (χ1n) is 8.07. The lowest BCUT2D eigenvalue weighted by molar-refractivity contribution is -0.131. The minimum Gasteiger partial charge on any atom is -0.343 e. The molecule has 1 aliphatic heterocycles. The molecule has 1 N–H and O–H groups in total.